The average Bonchev–Trinajstić information content (AvgIpc) is 2.25. The highest BCUT2D eigenvalue weighted by atomic mass is 19.1. The zero-order valence-electron chi connectivity index (χ0n) is 7.97. The molecule has 1 heterocycles. The lowest BCUT2D eigenvalue weighted by atomic mass is 10.4. The molecule has 6 nitrogen and oxygen atoms in total. The topological polar surface area (TPSA) is 74.5 Å². The fourth-order valence-electron chi connectivity index (χ4n) is 0.929. The SMILES string of the molecule is COc1nc(OCCF)ccc1[N+](=O)[O-]. The Kier molecular flexibility index (Phi) is 3.78. The molecule has 0 spiro atoms. The summed E-state index contributed by atoms with van der Waals surface area (Å²) in [6, 6.07) is 2.48. The number of pyridine rings is 1. The molecular weight excluding hydrogens is 207 g/mol. The van der Waals surface area contributed by atoms with Gasteiger partial charge in [-0.1, -0.05) is 0 Å². The van der Waals surface area contributed by atoms with Crippen molar-refractivity contribution in [3.63, 3.8) is 0 Å². The molecule has 0 fully saturated rings. The molecule has 0 aliphatic rings. The van der Waals surface area contributed by atoms with Crippen molar-refractivity contribution in [2.75, 3.05) is 20.4 Å². The van der Waals surface area contributed by atoms with Gasteiger partial charge in [-0.05, 0) is 0 Å². The maximum atomic E-state index is 11.8. The van der Waals surface area contributed by atoms with Gasteiger partial charge in [0, 0.05) is 12.1 Å². The van der Waals surface area contributed by atoms with E-state index >= 15 is 0 Å². The molecule has 1 aromatic heterocycles. The Morgan fingerprint density at radius 3 is 2.87 bits per heavy atom. The van der Waals surface area contributed by atoms with E-state index in [-0.39, 0.29) is 24.1 Å². The maximum absolute atomic E-state index is 11.8. The van der Waals surface area contributed by atoms with E-state index in [0.717, 1.165) is 0 Å². The summed E-state index contributed by atoms with van der Waals surface area (Å²) in [5, 5.41) is 10.5. The van der Waals surface area contributed by atoms with E-state index < -0.39 is 11.6 Å². The van der Waals surface area contributed by atoms with E-state index in [0.29, 0.717) is 0 Å². The largest absolute Gasteiger partial charge is 0.476 e. The minimum atomic E-state index is -0.652. The highest BCUT2D eigenvalue weighted by Gasteiger charge is 2.16. The molecule has 1 aromatic rings. The predicted molar refractivity (Wildman–Crippen MR) is 48.9 cm³/mol. The Balaban J connectivity index is 2.92. The van der Waals surface area contributed by atoms with Crippen molar-refractivity contribution < 1.29 is 18.8 Å². The number of hydrogen-bond donors (Lipinski definition) is 0. The van der Waals surface area contributed by atoms with E-state index in [1.54, 1.807) is 0 Å². The average molecular weight is 216 g/mol. The van der Waals surface area contributed by atoms with Gasteiger partial charge in [0.05, 0.1) is 12.0 Å². The van der Waals surface area contributed by atoms with Crippen LogP contribution in [-0.2, 0) is 0 Å². The van der Waals surface area contributed by atoms with Crippen molar-refractivity contribution in [1.29, 1.82) is 0 Å². The van der Waals surface area contributed by atoms with Crippen molar-refractivity contribution in [1.82, 2.24) is 4.98 Å². The number of nitro groups is 1. The fourth-order valence-corrected chi connectivity index (χ4v) is 0.929. The van der Waals surface area contributed by atoms with Gasteiger partial charge >= 0.3 is 5.69 Å². The molecule has 0 aromatic carbocycles. The summed E-state index contributed by atoms with van der Waals surface area (Å²) >= 11 is 0. The van der Waals surface area contributed by atoms with E-state index in [1.807, 2.05) is 0 Å². The Morgan fingerprint density at radius 1 is 1.60 bits per heavy atom. The van der Waals surface area contributed by atoms with E-state index in [1.165, 1.54) is 19.2 Å². The molecule has 15 heavy (non-hydrogen) atoms. The number of alkyl halides is 1. The monoisotopic (exact) mass is 216 g/mol. The van der Waals surface area contributed by atoms with Crippen LogP contribution in [0.5, 0.6) is 11.8 Å². The van der Waals surface area contributed by atoms with Crippen molar-refractivity contribution in [3.05, 3.63) is 22.2 Å². The molecule has 7 heteroatoms. The standard InChI is InChI=1S/C8H9FN2O4/c1-14-8-6(11(12)13)2-3-7(10-8)15-5-4-9/h2-3H,4-5H2,1H3. The highest BCUT2D eigenvalue weighted by Crippen LogP contribution is 2.26. The molecule has 0 saturated heterocycles. The molecule has 0 amide bonds. The summed E-state index contributed by atoms with van der Waals surface area (Å²) in [5.41, 5.74) is -0.259. The number of nitrogens with zero attached hydrogens (tertiary/aromatic N) is 2. The summed E-state index contributed by atoms with van der Waals surface area (Å²) in [6.45, 7) is -0.797. The number of rotatable bonds is 5. The van der Waals surface area contributed by atoms with Gasteiger partial charge < -0.3 is 9.47 Å². The lowest BCUT2D eigenvalue weighted by Gasteiger charge is -2.04. The second kappa shape index (κ2) is 5.08. The summed E-state index contributed by atoms with van der Waals surface area (Å²) in [4.78, 5) is 13.6. The summed E-state index contributed by atoms with van der Waals surface area (Å²) < 4.78 is 21.3. The van der Waals surface area contributed by atoms with Crippen molar-refractivity contribution in [3.8, 4) is 11.8 Å². The van der Waals surface area contributed by atoms with E-state index in [2.05, 4.69) is 4.98 Å². The number of aromatic nitrogens is 1. The second-order valence-electron chi connectivity index (χ2n) is 2.47. The maximum Gasteiger partial charge on any atom is 0.331 e. The summed E-state index contributed by atoms with van der Waals surface area (Å²) in [5.74, 6) is -0.0635. The van der Waals surface area contributed by atoms with Crippen molar-refractivity contribution in [2.45, 2.75) is 0 Å². The molecular formula is C8H9FN2O4. The second-order valence-corrected chi connectivity index (χ2v) is 2.47. The molecule has 0 unspecified atom stereocenters. The van der Waals surface area contributed by atoms with Crippen LogP contribution < -0.4 is 9.47 Å². The third kappa shape index (κ3) is 2.76. The molecule has 0 N–H and O–H groups in total. The van der Waals surface area contributed by atoms with Crippen molar-refractivity contribution in [2.24, 2.45) is 0 Å². The smallest absolute Gasteiger partial charge is 0.331 e. The first-order valence-corrected chi connectivity index (χ1v) is 4.07. The third-order valence-corrected chi connectivity index (χ3v) is 1.53. The van der Waals surface area contributed by atoms with Crippen LogP contribution in [0, 0.1) is 10.1 Å². The zero-order chi connectivity index (χ0) is 11.3. The Morgan fingerprint density at radius 2 is 2.33 bits per heavy atom. The third-order valence-electron chi connectivity index (χ3n) is 1.53. The predicted octanol–water partition coefficient (Wildman–Crippen LogP) is 1.35. The highest BCUT2D eigenvalue weighted by molar-refractivity contribution is 5.42. The molecule has 0 aliphatic carbocycles. The Hall–Kier alpha value is -1.92. The van der Waals surface area contributed by atoms with Crippen molar-refractivity contribution >= 4 is 5.69 Å². The molecule has 0 aliphatic heterocycles. The quantitative estimate of drug-likeness (QED) is 0.548. The van der Waals surface area contributed by atoms with E-state index in [4.69, 9.17) is 9.47 Å². The first-order valence-electron chi connectivity index (χ1n) is 4.07. The van der Waals surface area contributed by atoms with Gasteiger partial charge in [0.15, 0.2) is 0 Å². The molecule has 0 saturated carbocycles. The Labute approximate surface area is 84.8 Å². The van der Waals surface area contributed by atoms with Gasteiger partial charge in [0.1, 0.15) is 13.3 Å². The number of methoxy groups -OCH3 is 1. The summed E-state index contributed by atoms with van der Waals surface area (Å²) in [6.07, 6.45) is 0. The van der Waals surface area contributed by atoms with Gasteiger partial charge in [-0.2, -0.15) is 4.98 Å². The van der Waals surface area contributed by atoms with Crippen LogP contribution in [0.25, 0.3) is 0 Å². The van der Waals surface area contributed by atoms with Crippen LogP contribution >= 0.6 is 0 Å². The van der Waals surface area contributed by atoms with Crippen LogP contribution in [-0.4, -0.2) is 30.3 Å². The molecule has 0 radical (unpaired) electrons. The normalized spacial score (nSPS) is 9.73. The molecule has 0 atom stereocenters. The molecule has 0 bridgehead atoms. The minimum Gasteiger partial charge on any atom is -0.476 e. The van der Waals surface area contributed by atoms with Gasteiger partial charge in [-0.25, -0.2) is 4.39 Å². The Bertz CT molecular complexity index is 358. The van der Waals surface area contributed by atoms with Gasteiger partial charge in [0.2, 0.25) is 5.88 Å². The fraction of sp³-hybridized carbons (Fsp3) is 0.375. The van der Waals surface area contributed by atoms with Crippen LogP contribution in [0.1, 0.15) is 0 Å². The lowest BCUT2D eigenvalue weighted by molar-refractivity contribution is -0.386. The molecule has 82 valence electrons. The minimum absolute atomic E-state index is 0.0927. The number of hydrogen-bond acceptors (Lipinski definition) is 5. The van der Waals surface area contributed by atoms with Gasteiger partial charge in [-0.15, -0.1) is 0 Å². The zero-order valence-corrected chi connectivity index (χ0v) is 7.97. The van der Waals surface area contributed by atoms with Gasteiger partial charge in [0.25, 0.3) is 5.88 Å². The number of halogens is 1. The van der Waals surface area contributed by atoms with E-state index in [9.17, 15) is 14.5 Å². The van der Waals surface area contributed by atoms with Crippen LogP contribution in [0.15, 0.2) is 12.1 Å². The lowest BCUT2D eigenvalue weighted by Crippen LogP contribution is -2.02. The first-order chi connectivity index (χ1) is 7.19. The summed E-state index contributed by atoms with van der Waals surface area (Å²) in [7, 11) is 1.26. The van der Waals surface area contributed by atoms with Crippen LogP contribution in [0.2, 0.25) is 0 Å². The first kappa shape index (κ1) is 11.2. The van der Waals surface area contributed by atoms with Gasteiger partial charge in [-0.3, -0.25) is 10.1 Å². The molecule has 1 rings (SSSR count). The van der Waals surface area contributed by atoms with Crippen LogP contribution in [0.4, 0.5) is 10.1 Å². The van der Waals surface area contributed by atoms with Crippen LogP contribution in [0.3, 0.4) is 0 Å². The number of ether oxygens (including phenoxy) is 2.